The Bertz CT molecular complexity index is 1410. The van der Waals surface area contributed by atoms with Gasteiger partial charge in [-0.05, 0) is 17.7 Å². The first kappa shape index (κ1) is 21.6. The van der Waals surface area contributed by atoms with E-state index in [4.69, 9.17) is 5.73 Å². The van der Waals surface area contributed by atoms with Gasteiger partial charge in [0.15, 0.2) is 21.5 Å². The van der Waals surface area contributed by atoms with Gasteiger partial charge in [0.2, 0.25) is 0 Å². The summed E-state index contributed by atoms with van der Waals surface area (Å²) in [5.74, 6) is -6.37. The number of hydrogen-bond donors (Lipinski definition) is 1. The first-order valence-corrected chi connectivity index (χ1v) is 11.0. The minimum atomic E-state index is -4.43. The highest BCUT2D eigenvalue weighted by Gasteiger charge is 2.40. The highest BCUT2D eigenvalue weighted by molar-refractivity contribution is 7.90. The van der Waals surface area contributed by atoms with Gasteiger partial charge in [-0.3, -0.25) is 9.78 Å². The molecule has 2 heterocycles. The third-order valence-electron chi connectivity index (χ3n) is 5.00. The Balaban J connectivity index is 1.72. The van der Waals surface area contributed by atoms with Crippen molar-refractivity contribution in [2.45, 2.75) is 11.4 Å². The van der Waals surface area contributed by atoms with Gasteiger partial charge < -0.3 is 10.6 Å². The first-order chi connectivity index (χ1) is 15.0. The molecular weight excluding hydrogens is 449 g/mol. The highest BCUT2D eigenvalue weighted by atomic mass is 32.2. The Morgan fingerprint density at radius 1 is 1.12 bits per heavy atom. The van der Waals surface area contributed by atoms with Crippen molar-refractivity contribution in [2.24, 2.45) is 0 Å². The number of nitrogens with zero attached hydrogens (tertiary/aromatic N) is 3. The monoisotopic (exact) mass is 464 g/mol. The number of para-hydroxylation sites is 1. The molecule has 3 amide bonds. The summed E-state index contributed by atoms with van der Waals surface area (Å²) in [6.07, 6.45) is 1.98. The second kappa shape index (κ2) is 7.48. The van der Waals surface area contributed by atoms with Gasteiger partial charge in [-0.15, -0.1) is 0 Å². The molecule has 1 aromatic heterocycles. The van der Waals surface area contributed by atoms with Gasteiger partial charge in [0, 0.05) is 30.4 Å². The van der Waals surface area contributed by atoms with Crippen molar-refractivity contribution in [3.63, 3.8) is 0 Å². The summed E-state index contributed by atoms with van der Waals surface area (Å²) >= 11 is 0. The van der Waals surface area contributed by atoms with Crippen LogP contribution in [0.2, 0.25) is 0 Å². The van der Waals surface area contributed by atoms with Crippen molar-refractivity contribution in [3.8, 4) is 0 Å². The number of imide groups is 1. The maximum absolute atomic E-state index is 14.6. The largest absolute Gasteiger partial charge is 0.397 e. The Morgan fingerprint density at radius 3 is 2.53 bits per heavy atom. The van der Waals surface area contributed by atoms with Crippen LogP contribution in [0, 0.1) is 17.5 Å². The molecule has 0 aliphatic carbocycles. The number of halogens is 3. The van der Waals surface area contributed by atoms with Crippen LogP contribution in [0.4, 0.5) is 29.3 Å². The molecule has 0 unspecified atom stereocenters. The second-order valence-electron chi connectivity index (χ2n) is 7.19. The summed E-state index contributed by atoms with van der Waals surface area (Å²) in [5.41, 5.74) is 6.40. The van der Waals surface area contributed by atoms with E-state index in [0.717, 1.165) is 4.90 Å². The lowest BCUT2D eigenvalue weighted by atomic mass is 10.1. The average molecular weight is 464 g/mol. The molecule has 0 atom stereocenters. The molecule has 12 heteroatoms. The first-order valence-electron chi connectivity index (χ1n) is 9.12. The van der Waals surface area contributed by atoms with Crippen molar-refractivity contribution < 1.29 is 31.2 Å². The molecule has 166 valence electrons. The maximum Gasteiger partial charge on any atom is 0.332 e. The third kappa shape index (κ3) is 3.42. The molecule has 32 heavy (non-hydrogen) atoms. The number of fused-ring (bicyclic) bond motifs is 1. The lowest BCUT2D eigenvalue weighted by Crippen LogP contribution is -2.34. The van der Waals surface area contributed by atoms with Crippen molar-refractivity contribution in [3.05, 3.63) is 59.5 Å². The molecular formula is C20H15F3N4O4S. The molecule has 2 N–H and O–H groups in total. The SMILES string of the molecule is CS(=O)(=O)c1c(F)cc(N2C(=O)CN(Cc3ccnc4c(N)cccc34)C2=O)c(F)c1F. The standard InChI is InChI=1S/C20H15F3N4O4S/c1-32(30,31)19-12(21)7-14(16(22)17(19)23)27-15(28)9-26(20(27)29)8-10-5-6-25-18-11(10)3-2-4-13(18)24/h2-7H,8-9,24H2,1H3. The van der Waals surface area contributed by atoms with E-state index in [-0.39, 0.29) is 11.4 Å². The predicted molar refractivity (Wildman–Crippen MR) is 109 cm³/mol. The number of nitrogens with two attached hydrogens (primary N) is 1. The van der Waals surface area contributed by atoms with Crippen LogP contribution in [-0.2, 0) is 21.2 Å². The van der Waals surface area contributed by atoms with Crippen LogP contribution in [0.3, 0.4) is 0 Å². The van der Waals surface area contributed by atoms with Crippen LogP contribution in [-0.4, -0.2) is 43.0 Å². The van der Waals surface area contributed by atoms with E-state index in [1.807, 2.05) is 0 Å². The normalized spacial score (nSPS) is 14.6. The number of aromatic nitrogens is 1. The van der Waals surface area contributed by atoms with Crippen LogP contribution in [0.15, 0.2) is 41.4 Å². The van der Waals surface area contributed by atoms with Gasteiger partial charge in [0.05, 0.1) is 16.9 Å². The van der Waals surface area contributed by atoms with Crippen LogP contribution < -0.4 is 10.6 Å². The maximum atomic E-state index is 14.6. The summed E-state index contributed by atoms with van der Waals surface area (Å²) in [6, 6.07) is 5.98. The molecule has 0 spiro atoms. The Kier molecular flexibility index (Phi) is 5.04. The Labute approximate surface area is 180 Å². The summed E-state index contributed by atoms with van der Waals surface area (Å²) in [6.45, 7) is -0.570. The number of urea groups is 1. The fourth-order valence-corrected chi connectivity index (χ4v) is 4.41. The van der Waals surface area contributed by atoms with Crippen LogP contribution in [0.1, 0.15) is 5.56 Å². The van der Waals surface area contributed by atoms with E-state index in [2.05, 4.69) is 4.98 Å². The Hall–Kier alpha value is -3.67. The minimum Gasteiger partial charge on any atom is -0.397 e. The van der Waals surface area contributed by atoms with E-state index in [0.29, 0.717) is 34.5 Å². The molecule has 1 aliphatic heterocycles. The van der Waals surface area contributed by atoms with Crippen molar-refractivity contribution in [2.75, 3.05) is 23.4 Å². The number of hydrogen-bond acceptors (Lipinski definition) is 6. The highest BCUT2D eigenvalue weighted by Crippen LogP contribution is 2.33. The van der Waals surface area contributed by atoms with Crippen LogP contribution in [0.5, 0.6) is 0 Å². The van der Waals surface area contributed by atoms with Gasteiger partial charge in [-0.2, -0.15) is 0 Å². The van der Waals surface area contributed by atoms with Gasteiger partial charge in [0.25, 0.3) is 5.91 Å². The van der Waals surface area contributed by atoms with Crippen molar-refractivity contribution in [1.82, 2.24) is 9.88 Å². The lowest BCUT2D eigenvalue weighted by molar-refractivity contribution is -0.116. The number of nitrogen functional groups attached to an aromatic ring is 1. The number of sulfone groups is 1. The third-order valence-corrected chi connectivity index (χ3v) is 6.12. The summed E-state index contributed by atoms with van der Waals surface area (Å²) < 4.78 is 66.3. The number of anilines is 2. The molecule has 2 aromatic carbocycles. The lowest BCUT2D eigenvalue weighted by Gasteiger charge is -2.19. The number of rotatable bonds is 4. The van der Waals surface area contributed by atoms with Gasteiger partial charge in [-0.25, -0.2) is 31.3 Å². The fraction of sp³-hybridized carbons (Fsp3) is 0.150. The van der Waals surface area contributed by atoms with Gasteiger partial charge in [0.1, 0.15) is 17.3 Å². The number of benzene rings is 2. The zero-order valence-corrected chi connectivity index (χ0v) is 17.3. The number of carbonyl (C=O) groups excluding carboxylic acids is 2. The van der Waals surface area contributed by atoms with E-state index in [1.165, 1.54) is 6.20 Å². The number of carbonyl (C=O) groups is 2. The second-order valence-corrected chi connectivity index (χ2v) is 9.14. The summed E-state index contributed by atoms with van der Waals surface area (Å²) in [5, 5.41) is 0.631. The molecule has 1 fully saturated rings. The topological polar surface area (TPSA) is 114 Å². The van der Waals surface area contributed by atoms with Crippen LogP contribution in [0.25, 0.3) is 10.9 Å². The predicted octanol–water partition coefficient (Wildman–Crippen LogP) is 2.61. The molecule has 0 saturated carbocycles. The molecule has 4 rings (SSSR count). The molecule has 0 bridgehead atoms. The molecule has 3 aromatic rings. The van der Waals surface area contributed by atoms with Crippen molar-refractivity contribution in [1.29, 1.82) is 0 Å². The summed E-state index contributed by atoms with van der Waals surface area (Å²) in [4.78, 5) is 29.3. The van der Waals surface area contributed by atoms with E-state index in [9.17, 15) is 31.2 Å². The van der Waals surface area contributed by atoms with Crippen LogP contribution >= 0.6 is 0 Å². The minimum absolute atomic E-state index is 0.0858. The zero-order valence-electron chi connectivity index (χ0n) is 16.5. The van der Waals surface area contributed by atoms with Crippen molar-refractivity contribution >= 4 is 44.1 Å². The average Bonchev–Trinajstić information content (AvgIpc) is 2.98. The van der Waals surface area contributed by atoms with E-state index >= 15 is 0 Å². The quantitative estimate of drug-likeness (QED) is 0.361. The van der Waals surface area contributed by atoms with E-state index in [1.54, 1.807) is 24.3 Å². The van der Waals surface area contributed by atoms with E-state index < -0.39 is 56.4 Å². The fourth-order valence-electron chi connectivity index (χ4n) is 3.58. The van der Waals surface area contributed by atoms with Gasteiger partial charge in [-0.1, -0.05) is 12.1 Å². The summed E-state index contributed by atoms with van der Waals surface area (Å²) in [7, 11) is -4.43. The number of pyridine rings is 1. The molecule has 1 saturated heterocycles. The molecule has 1 aliphatic rings. The molecule has 0 radical (unpaired) electrons. The molecule has 8 nitrogen and oxygen atoms in total. The van der Waals surface area contributed by atoms with Gasteiger partial charge >= 0.3 is 6.03 Å². The number of amides is 3. The zero-order chi connectivity index (χ0) is 23.4. The Morgan fingerprint density at radius 2 is 1.84 bits per heavy atom. The smallest absolute Gasteiger partial charge is 0.332 e.